The van der Waals surface area contributed by atoms with Crippen LogP contribution in [0.15, 0.2) is 125 Å². The summed E-state index contributed by atoms with van der Waals surface area (Å²) in [4.78, 5) is 6.34. The maximum Gasteiger partial charge on any atom is 1.00 e. The molecule has 2 aliphatic heterocycles. The summed E-state index contributed by atoms with van der Waals surface area (Å²) in [5, 5.41) is 2.41. The van der Waals surface area contributed by atoms with Crippen molar-refractivity contribution >= 4 is 60.4 Å². The number of fused-ring (bicyclic) bond motifs is 2. The smallest absolute Gasteiger partial charge is 0.748 e. The molecule has 0 bridgehead atoms. The number of hydrogen-bond acceptors (Lipinski definition) is 9. The summed E-state index contributed by atoms with van der Waals surface area (Å²) in [5.74, 6) is 0.750. The van der Waals surface area contributed by atoms with Gasteiger partial charge >= 0.3 is 29.6 Å². The van der Waals surface area contributed by atoms with E-state index < -0.39 is 20.2 Å². The fourth-order valence-electron chi connectivity index (χ4n) is 8.34. The van der Waals surface area contributed by atoms with Crippen LogP contribution in [0.5, 0.6) is 5.75 Å². The average Bonchev–Trinajstić information content (AvgIpc) is 3.52. The number of ether oxygens (including phenoxy) is 1. The van der Waals surface area contributed by atoms with E-state index >= 15 is 0 Å². The van der Waals surface area contributed by atoms with Crippen molar-refractivity contribution in [2.75, 3.05) is 29.5 Å². The average molecular weight is 865 g/mol. The van der Waals surface area contributed by atoms with Gasteiger partial charge in [0.05, 0.1) is 32.1 Å². The molecule has 1 N–H and O–H groups in total. The monoisotopic (exact) mass is 864 g/mol. The standard InChI is InChI=1S/C45H51N3O7S3.Na/c1-44(2)37-16-5-7-18-39(37)47(28-9-11-30-57(49,50)51)41(44)26-20-33-14-13-15-34(43(33)55-36-24-22-35(23-25-36)46-32-56)21-27-42-45(3,4)38-17-6-8-19-40(38)48(42)29-10-12-31-58(52,53)54;/h5-8,16-27H,9-15,28-31H2,1-4H3,(H-,49,50,51,52,53,54);/q;+1. The first-order valence-electron chi connectivity index (χ1n) is 19.7. The number of anilines is 1. The van der Waals surface area contributed by atoms with E-state index in [0.29, 0.717) is 43.8 Å². The summed E-state index contributed by atoms with van der Waals surface area (Å²) < 4.78 is 75.4. The topological polar surface area (TPSA) is 139 Å². The van der Waals surface area contributed by atoms with E-state index in [9.17, 15) is 25.9 Å². The molecule has 0 saturated heterocycles. The van der Waals surface area contributed by atoms with Gasteiger partial charge in [-0.05, 0) is 124 Å². The van der Waals surface area contributed by atoms with E-state index in [1.54, 1.807) is 0 Å². The molecule has 0 amide bonds. The van der Waals surface area contributed by atoms with Gasteiger partial charge in [-0.1, -0.05) is 56.3 Å². The minimum atomic E-state index is -4.29. The Morgan fingerprint density at radius 2 is 1.54 bits per heavy atom. The molecule has 10 nitrogen and oxygen atoms in total. The van der Waals surface area contributed by atoms with Crippen molar-refractivity contribution in [3.8, 4) is 5.75 Å². The second kappa shape index (κ2) is 19.5. The van der Waals surface area contributed by atoms with E-state index in [2.05, 4.69) is 95.9 Å². The minimum Gasteiger partial charge on any atom is -0.748 e. The zero-order valence-electron chi connectivity index (χ0n) is 34.5. The van der Waals surface area contributed by atoms with Crippen molar-refractivity contribution < 1.29 is 64.8 Å². The Morgan fingerprint density at radius 1 is 0.864 bits per heavy atom. The third-order valence-corrected chi connectivity index (χ3v) is 12.9. The van der Waals surface area contributed by atoms with Crippen LogP contribution in [0, 0.1) is 0 Å². The van der Waals surface area contributed by atoms with E-state index in [0.717, 1.165) is 59.0 Å². The zero-order chi connectivity index (χ0) is 41.7. The first kappa shape index (κ1) is 46.6. The van der Waals surface area contributed by atoms with Gasteiger partial charge < -0.3 is 14.2 Å². The summed E-state index contributed by atoms with van der Waals surface area (Å²) in [6.45, 7) is 9.94. The molecule has 0 aromatic heterocycles. The van der Waals surface area contributed by atoms with Crippen LogP contribution in [0.25, 0.3) is 0 Å². The maximum absolute atomic E-state index is 11.5. The van der Waals surface area contributed by atoms with Crippen molar-refractivity contribution in [2.24, 2.45) is 4.99 Å². The van der Waals surface area contributed by atoms with Gasteiger partial charge in [-0.15, -0.1) is 0 Å². The van der Waals surface area contributed by atoms with Crippen LogP contribution < -0.4 is 39.2 Å². The van der Waals surface area contributed by atoms with E-state index in [4.69, 9.17) is 17.0 Å². The summed E-state index contributed by atoms with van der Waals surface area (Å²) in [5.41, 5.74) is 8.72. The molecule has 0 fully saturated rings. The van der Waals surface area contributed by atoms with Gasteiger partial charge in [-0.25, -0.2) is 8.42 Å². The number of hydrogen-bond donors (Lipinski definition) is 1. The fraction of sp³-hybridized carbons (Fsp3) is 0.378. The van der Waals surface area contributed by atoms with Crippen molar-refractivity contribution in [3.05, 3.63) is 131 Å². The predicted molar refractivity (Wildman–Crippen MR) is 233 cm³/mol. The van der Waals surface area contributed by atoms with Gasteiger partial charge in [0.1, 0.15) is 18.1 Å². The SMILES string of the molecule is CC1(C)C(/C=C\C2=C(Oc3ccc(N=C=S)cc3)C(=C\C=C3/N(CCCCS(=O)(=O)[O-])c4ccccc4C3(C)C)/CCC2)=[N+](CCCCS(=O)(=O)O)c2ccccc21.[Na+]. The van der Waals surface area contributed by atoms with E-state index in [1.165, 1.54) is 11.1 Å². The van der Waals surface area contributed by atoms with Gasteiger partial charge in [0.15, 0.2) is 5.71 Å². The molecule has 0 unspecified atom stereocenters. The number of benzene rings is 3. The second-order valence-corrected chi connectivity index (χ2v) is 19.3. The summed E-state index contributed by atoms with van der Waals surface area (Å²) >= 11 is 4.80. The summed E-state index contributed by atoms with van der Waals surface area (Å²) in [7, 11) is -8.33. The minimum absolute atomic E-state index is 0. The quantitative estimate of drug-likeness (QED) is 0.0429. The van der Waals surface area contributed by atoms with Gasteiger partial charge in [-0.3, -0.25) is 4.55 Å². The Labute approximate surface area is 377 Å². The van der Waals surface area contributed by atoms with Crippen LogP contribution >= 0.6 is 12.2 Å². The van der Waals surface area contributed by atoms with Gasteiger partial charge in [0, 0.05) is 53.2 Å². The van der Waals surface area contributed by atoms with E-state index in [-0.39, 0.29) is 58.3 Å². The van der Waals surface area contributed by atoms with Crippen molar-refractivity contribution in [1.82, 2.24) is 0 Å². The van der Waals surface area contributed by atoms with Gasteiger partial charge in [-0.2, -0.15) is 18.0 Å². The molecule has 0 atom stereocenters. The van der Waals surface area contributed by atoms with E-state index in [1.807, 2.05) is 48.5 Å². The van der Waals surface area contributed by atoms with Crippen LogP contribution in [0.2, 0.25) is 0 Å². The Bertz CT molecular complexity index is 2480. The summed E-state index contributed by atoms with van der Waals surface area (Å²) in [6.07, 6.45) is 12.9. The van der Waals surface area contributed by atoms with Gasteiger partial charge in [0.2, 0.25) is 5.69 Å². The van der Waals surface area contributed by atoms with Crippen molar-refractivity contribution in [3.63, 3.8) is 0 Å². The Balaban J connectivity index is 0.00000661. The number of isothiocyanates is 1. The molecule has 3 aromatic rings. The molecule has 6 rings (SSSR count). The number of para-hydroxylation sites is 2. The number of nitrogens with zero attached hydrogens (tertiary/aromatic N) is 3. The summed E-state index contributed by atoms with van der Waals surface area (Å²) in [6, 6.07) is 23.9. The van der Waals surface area contributed by atoms with Crippen molar-refractivity contribution in [2.45, 2.75) is 83.5 Å². The zero-order valence-corrected chi connectivity index (χ0v) is 38.9. The molecule has 0 spiro atoms. The van der Waals surface area contributed by atoms with Crippen LogP contribution in [-0.4, -0.2) is 66.0 Å². The van der Waals surface area contributed by atoms with Crippen molar-refractivity contribution in [1.29, 1.82) is 0 Å². The molecule has 306 valence electrons. The molecule has 2 heterocycles. The molecular weight excluding hydrogens is 814 g/mol. The molecule has 59 heavy (non-hydrogen) atoms. The number of allylic oxidation sites excluding steroid dienone is 7. The van der Waals surface area contributed by atoms with Crippen LogP contribution in [0.3, 0.4) is 0 Å². The molecule has 0 radical (unpaired) electrons. The molecule has 3 aliphatic rings. The molecule has 3 aromatic carbocycles. The Kier molecular flexibility index (Phi) is 15.4. The number of rotatable bonds is 16. The van der Waals surface area contributed by atoms with Crippen LogP contribution in [0.1, 0.15) is 83.8 Å². The molecule has 1 aliphatic carbocycles. The Morgan fingerprint density at radius 3 is 2.24 bits per heavy atom. The number of thiocarbonyl (C=S) groups is 1. The Hall–Kier alpha value is -3.49. The molecule has 14 heteroatoms. The third-order valence-electron chi connectivity index (χ3n) is 11.3. The predicted octanol–water partition coefficient (Wildman–Crippen LogP) is 6.48. The van der Waals surface area contributed by atoms with Gasteiger partial charge in [0.25, 0.3) is 10.1 Å². The fourth-order valence-corrected chi connectivity index (χ4v) is 9.57. The third kappa shape index (κ3) is 11.3. The van der Waals surface area contributed by atoms with Crippen LogP contribution in [0.4, 0.5) is 17.1 Å². The number of unbranched alkanes of at least 4 members (excludes halogenated alkanes) is 2. The first-order valence-corrected chi connectivity index (χ1v) is 23.3. The normalized spacial score (nSPS) is 18.6. The van der Waals surface area contributed by atoms with Crippen LogP contribution in [-0.2, 0) is 31.1 Å². The second-order valence-electron chi connectivity index (χ2n) is 16.0. The number of aliphatic imine (C=N–C) groups is 1. The largest absolute Gasteiger partial charge is 1.00 e. The molecule has 0 saturated carbocycles. The first-order chi connectivity index (χ1) is 27.5. The molecular formula is C45H51N3NaO7S3+. The maximum atomic E-state index is 11.5.